The molecule has 1 rings (SSSR count). The van der Waals surface area contributed by atoms with Crippen LogP contribution < -0.4 is 5.32 Å². The van der Waals surface area contributed by atoms with Gasteiger partial charge < -0.3 is 10.4 Å². The lowest BCUT2D eigenvalue weighted by Gasteiger charge is -2.03. The molecule has 0 fully saturated rings. The first-order valence-electron chi connectivity index (χ1n) is 3.99. The maximum absolute atomic E-state index is 13.0. The van der Waals surface area contributed by atoms with Gasteiger partial charge in [0.05, 0.1) is 12.2 Å². The molecule has 0 aliphatic heterocycles. The van der Waals surface area contributed by atoms with Gasteiger partial charge in [0.2, 0.25) is 0 Å². The Bertz CT molecular complexity index is 342. The van der Waals surface area contributed by atoms with Gasteiger partial charge in [-0.15, -0.1) is 0 Å². The van der Waals surface area contributed by atoms with E-state index in [2.05, 4.69) is 5.32 Å². The van der Waals surface area contributed by atoms with Crippen molar-refractivity contribution in [2.24, 2.45) is 0 Å². The lowest BCUT2D eigenvalue weighted by atomic mass is 10.2. The molecule has 1 aromatic carbocycles. The van der Waals surface area contributed by atoms with Crippen LogP contribution in [0.2, 0.25) is 0 Å². The summed E-state index contributed by atoms with van der Waals surface area (Å²) in [6, 6.07) is 2.61. The number of rotatable bonds is 3. The Labute approximate surface area is 79.4 Å². The third-order valence-electron chi connectivity index (χ3n) is 1.57. The van der Waals surface area contributed by atoms with Crippen LogP contribution in [0, 0.1) is 11.6 Å². The maximum atomic E-state index is 13.0. The van der Waals surface area contributed by atoms with E-state index < -0.39 is 17.5 Å². The molecule has 0 aliphatic rings. The summed E-state index contributed by atoms with van der Waals surface area (Å²) in [6.07, 6.45) is 0. The molecule has 0 spiro atoms. The Kier molecular flexibility index (Phi) is 3.53. The minimum absolute atomic E-state index is 0.00872. The summed E-state index contributed by atoms with van der Waals surface area (Å²) in [4.78, 5) is 11.1. The second kappa shape index (κ2) is 4.66. The van der Waals surface area contributed by atoms with Crippen molar-refractivity contribution < 1.29 is 18.7 Å². The second-order valence-corrected chi connectivity index (χ2v) is 2.60. The molecule has 2 N–H and O–H groups in total. The predicted molar refractivity (Wildman–Crippen MR) is 45.8 cm³/mol. The third-order valence-corrected chi connectivity index (χ3v) is 1.57. The van der Waals surface area contributed by atoms with Crippen molar-refractivity contribution in [1.82, 2.24) is 5.32 Å². The monoisotopic (exact) mass is 201 g/mol. The number of hydrogen-bond acceptors (Lipinski definition) is 2. The topological polar surface area (TPSA) is 49.3 Å². The van der Waals surface area contributed by atoms with Gasteiger partial charge in [-0.3, -0.25) is 4.79 Å². The number of carbonyl (C=O) groups is 1. The van der Waals surface area contributed by atoms with E-state index in [0.717, 1.165) is 18.2 Å². The Morgan fingerprint density at radius 1 is 1.43 bits per heavy atom. The van der Waals surface area contributed by atoms with E-state index in [-0.39, 0.29) is 18.7 Å². The van der Waals surface area contributed by atoms with Crippen molar-refractivity contribution in [1.29, 1.82) is 0 Å². The number of amides is 1. The zero-order valence-electron chi connectivity index (χ0n) is 7.26. The fourth-order valence-electron chi connectivity index (χ4n) is 0.936. The summed E-state index contributed by atoms with van der Waals surface area (Å²) in [5, 5.41) is 10.6. The summed E-state index contributed by atoms with van der Waals surface area (Å²) < 4.78 is 25.6. The largest absolute Gasteiger partial charge is 0.395 e. The van der Waals surface area contributed by atoms with E-state index >= 15 is 0 Å². The van der Waals surface area contributed by atoms with E-state index in [1.165, 1.54) is 0 Å². The number of aliphatic hydroxyl groups is 1. The van der Waals surface area contributed by atoms with Crippen LogP contribution in [0.15, 0.2) is 18.2 Å². The lowest BCUT2D eigenvalue weighted by molar-refractivity contribution is 0.0940. The van der Waals surface area contributed by atoms with Crippen LogP contribution in [-0.2, 0) is 0 Å². The first kappa shape index (κ1) is 10.6. The van der Waals surface area contributed by atoms with Crippen LogP contribution in [0.1, 0.15) is 10.4 Å². The predicted octanol–water partition coefficient (Wildman–Crippen LogP) is 0.687. The van der Waals surface area contributed by atoms with Crippen LogP contribution in [-0.4, -0.2) is 24.2 Å². The molecule has 0 saturated carbocycles. The molecule has 0 saturated heterocycles. The molecule has 0 radical (unpaired) electrons. The van der Waals surface area contributed by atoms with Crippen LogP contribution in [0.5, 0.6) is 0 Å². The fraction of sp³-hybridized carbons (Fsp3) is 0.222. The van der Waals surface area contributed by atoms with E-state index in [4.69, 9.17) is 5.11 Å². The molecule has 0 atom stereocenters. The van der Waals surface area contributed by atoms with Gasteiger partial charge in [-0.05, 0) is 18.2 Å². The zero-order chi connectivity index (χ0) is 10.6. The van der Waals surface area contributed by atoms with E-state index in [0.29, 0.717) is 0 Å². The Morgan fingerprint density at radius 3 is 2.79 bits per heavy atom. The van der Waals surface area contributed by atoms with E-state index in [1.807, 2.05) is 0 Å². The highest BCUT2D eigenvalue weighted by molar-refractivity contribution is 5.94. The summed E-state index contributed by atoms with van der Waals surface area (Å²) in [5.74, 6) is -2.21. The van der Waals surface area contributed by atoms with Crippen LogP contribution in [0.3, 0.4) is 0 Å². The van der Waals surface area contributed by atoms with Crippen molar-refractivity contribution in [2.45, 2.75) is 0 Å². The van der Waals surface area contributed by atoms with Crippen molar-refractivity contribution >= 4 is 5.91 Å². The quantitative estimate of drug-likeness (QED) is 0.755. The van der Waals surface area contributed by atoms with Gasteiger partial charge in [-0.25, -0.2) is 8.78 Å². The van der Waals surface area contributed by atoms with E-state index in [9.17, 15) is 13.6 Å². The van der Waals surface area contributed by atoms with Crippen molar-refractivity contribution in [3.63, 3.8) is 0 Å². The molecule has 0 unspecified atom stereocenters. The first-order valence-corrected chi connectivity index (χ1v) is 3.99. The van der Waals surface area contributed by atoms with Gasteiger partial charge in [0.1, 0.15) is 11.6 Å². The van der Waals surface area contributed by atoms with Gasteiger partial charge in [0, 0.05) is 6.54 Å². The first-order chi connectivity index (χ1) is 6.65. The molecule has 1 amide bonds. The fourth-order valence-corrected chi connectivity index (χ4v) is 0.936. The summed E-state index contributed by atoms with van der Waals surface area (Å²) in [5.41, 5.74) is -0.363. The zero-order valence-corrected chi connectivity index (χ0v) is 7.26. The van der Waals surface area contributed by atoms with Crippen LogP contribution >= 0.6 is 0 Å². The average Bonchev–Trinajstić information content (AvgIpc) is 2.18. The highest BCUT2D eigenvalue weighted by Gasteiger charge is 2.11. The van der Waals surface area contributed by atoms with Gasteiger partial charge >= 0.3 is 0 Å². The molecular weight excluding hydrogens is 192 g/mol. The molecule has 0 aromatic heterocycles. The van der Waals surface area contributed by atoms with Crippen LogP contribution in [0.4, 0.5) is 8.78 Å². The summed E-state index contributed by atoms with van der Waals surface area (Å²) in [7, 11) is 0. The van der Waals surface area contributed by atoms with Crippen molar-refractivity contribution in [3.8, 4) is 0 Å². The Balaban J connectivity index is 2.83. The maximum Gasteiger partial charge on any atom is 0.254 e. The molecule has 14 heavy (non-hydrogen) atoms. The SMILES string of the molecule is O=C(NCCO)c1cc(F)ccc1F. The number of nitrogens with one attached hydrogen (secondary N) is 1. The molecule has 0 aliphatic carbocycles. The highest BCUT2D eigenvalue weighted by atomic mass is 19.1. The molecular formula is C9H9F2NO2. The summed E-state index contributed by atoms with van der Waals surface area (Å²) in [6.45, 7) is -0.239. The number of halogens is 2. The third kappa shape index (κ3) is 2.50. The number of benzene rings is 1. The number of aliphatic hydroxyl groups excluding tert-OH is 1. The minimum Gasteiger partial charge on any atom is -0.395 e. The smallest absolute Gasteiger partial charge is 0.254 e. The molecule has 5 heteroatoms. The van der Waals surface area contributed by atoms with Gasteiger partial charge in [-0.2, -0.15) is 0 Å². The summed E-state index contributed by atoms with van der Waals surface area (Å²) >= 11 is 0. The molecule has 76 valence electrons. The molecule has 0 bridgehead atoms. The van der Waals surface area contributed by atoms with Crippen molar-refractivity contribution in [2.75, 3.05) is 13.2 Å². The number of carbonyl (C=O) groups excluding carboxylic acids is 1. The molecule has 3 nitrogen and oxygen atoms in total. The van der Waals surface area contributed by atoms with Crippen LogP contribution in [0.25, 0.3) is 0 Å². The highest BCUT2D eigenvalue weighted by Crippen LogP contribution is 2.08. The lowest BCUT2D eigenvalue weighted by Crippen LogP contribution is -2.27. The Hall–Kier alpha value is -1.49. The van der Waals surface area contributed by atoms with Crippen molar-refractivity contribution in [3.05, 3.63) is 35.4 Å². The second-order valence-electron chi connectivity index (χ2n) is 2.60. The molecule has 1 aromatic rings. The molecule has 0 heterocycles. The van der Waals surface area contributed by atoms with Gasteiger partial charge in [-0.1, -0.05) is 0 Å². The van der Waals surface area contributed by atoms with Gasteiger partial charge in [0.25, 0.3) is 5.91 Å². The minimum atomic E-state index is -0.790. The number of hydrogen-bond donors (Lipinski definition) is 2. The standard InChI is InChI=1S/C9H9F2NO2/c10-6-1-2-8(11)7(5-6)9(14)12-3-4-13/h1-2,5,13H,3-4H2,(H,12,14). The Morgan fingerprint density at radius 2 is 2.14 bits per heavy atom. The normalized spacial score (nSPS) is 9.93. The van der Waals surface area contributed by atoms with E-state index in [1.54, 1.807) is 0 Å². The van der Waals surface area contributed by atoms with Gasteiger partial charge in [0.15, 0.2) is 0 Å². The average molecular weight is 201 g/mol.